The van der Waals surface area contributed by atoms with E-state index in [2.05, 4.69) is 29.2 Å². The SMILES string of the molecule is C=Cc1ccc(C(=O)OCc2ccc(I)cc2)cc1. The van der Waals surface area contributed by atoms with Gasteiger partial charge in [-0.3, -0.25) is 0 Å². The first kappa shape index (κ1) is 13.8. The number of carbonyl (C=O) groups excluding carboxylic acids is 1. The van der Waals surface area contributed by atoms with Gasteiger partial charge < -0.3 is 4.74 Å². The molecule has 0 unspecified atom stereocenters. The zero-order chi connectivity index (χ0) is 13.7. The number of halogens is 1. The number of esters is 1. The van der Waals surface area contributed by atoms with Crippen molar-refractivity contribution in [1.82, 2.24) is 0 Å². The van der Waals surface area contributed by atoms with E-state index < -0.39 is 0 Å². The monoisotopic (exact) mass is 364 g/mol. The second-order valence-corrected chi connectivity index (χ2v) is 5.27. The van der Waals surface area contributed by atoms with Crippen molar-refractivity contribution in [1.29, 1.82) is 0 Å². The van der Waals surface area contributed by atoms with Crippen LogP contribution in [0.25, 0.3) is 6.08 Å². The van der Waals surface area contributed by atoms with Gasteiger partial charge in [0, 0.05) is 3.57 Å². The van der Waals surface area contributed by atoms with E-state index in [0.717, 1.165) is 14.7 Å². The highest BCUT2D eigenvalue weighted by Gasteiger charge is 2.06. The van der Waals surface area contributed by atoms with Crippen molar-refractivity contribution in [2.24, 2.45) is 0 Å². The predicted octanol–water partition coefficient (Wildman–Crippen LogP) is 4.29. The molecule has 3 heteroatoms. The van der Waals surface area contributed by atoms with E-state index in [4.69, 9.17) is 4.74 Å². The number of ether oxygens (including phenoxy) is 1. The van der Waals surface area contributed by atoms with Gasteiger partial charge >= 0.3 is 5.97 Å². The lowest BCUT2D eigenvalue weighted by atomic mass is 10.1. The molecule has 0 spiro atoms. The molecule has 2 aromatic rings. The van der Waals surface area contributed by atoms with E-state index in [1.807, 2.05) is 36.4 Å². The molecule has 0 aliphatic rings. The van der Waals surface area contributed by atoms with Gasteiger partial charge in [0.1, 0.15) is 6.61 Å². The van der Waals surface area contributed by atoms with Gasteiger partial charge in [0.25, 0.3) is 0 Å². The molecule has 0 heterocycles. The fraction of sp³-hybridized carbons (Fsp3) is 0.0625. The number of hydrogen-bond donors (Lipinski definition) is 0. The van der Waals surface area contributed by atoms with Crippen LogP contribution in [0.3, 0.4) is 0 Å². The van der Waals surface area contributed by atoms with Crippen molar-refractivity contribution in [3.05, 3.63) is 75.4 Å². The van der Waals surface area contributed by atoms with E-state index in [9.17, 15) is 4.79 Å². The van der Waals surface area contributed by atoms with Gasteiger partial charge in [0.2, 0.25) is 0 Å². The molecule has 0 atom stereocenters. The zero-order valence-corrected chi connectivity index (χ0v) is 12.5. The summed E-state index contributed by atoms with van der Waals surface area (Å²) in [5.74, 6) is -0.311. The van der Waals surface area contributed by atoms with Crippen LogP contribution in [0.4, 0.5) is 0 Å². The summed E-state index contributed by atoms with van der Waals surface area (Å²) in [6.07, 6.45) is 1.74. The first-order valence-corrected chi connectivity index (χ1v) is 6.91. The van der Waals surface area contributed by atoms with Crippen LogP contribution in [-0.4, -0.2) is 5.97 Å². The lowest BCUT2D eigenvalue weighted by Gasteiger charge is -2.05. The number of benzene rings is 2. The van der Waals surface area contributed by atoms with E-state index in [0.29, 0.717) is 12.2 Å². The predicted molar refractivity (Wildman–Crippen MR) is 84.8 cm³/mol. The van der Waals surface area contributed by atoms with Gasteiger partial charge in [-0.25, -0.2) is 4.79 Å². The summed E-state index contributed by atoms with van der Waals surface area (Å²) in [7, 11) is 0. The molecule has 0 aromatic heterocycles. The fourth-order valence-corrected chi connectivity index (χ4v) is 1.93. The molecule has 0 radical (unpaired) electrons. The quantitative estimate of drug-likeness (QED) is 0.598. The van der Waals surface area contributed by atoms with Crippen LogP contribution in [0.15, 0.2) is 55.1 Å². The maximum absolute atomic E-state index is 11.8. The van der Waals surface area contributed by atoms with Crippen LogP contribution in [0, 0.1) is 3.57 Å². The molecule has 2 rings (SSSR count). The Kier molecular flexibility index (Phi) is 4.74. The van der Waals surface area contributed by atoms with Crippen LogP contribution in [-0.2, 0) is 11.3 Å². The third-order valence-corrected chi connectivity index (χ3v) is 3.38. The van der Waals surface area contributed by atoms with Gasteiger partial charge in [-0.2, -0.15) is 0 Å². The first-order chi connectivity index (χ1) is 9.19. The summed E-state index contributed by atoms with van der Waals surface area (Å²) in [4.78, 5) is 11.8. The van der Waals surface area contributed by atoms with Gasteiger partial charge in [-0.1, -0.05) is 36.9 Å². The molecule has 19 heavy (non-hydrogen) atoms. The summed E-state index contributed by atoms with van der Waals surface area (Å²) < 4.78 is 6.42. The Morgan fingerprint density at radius 3 is 2.32 bits per heavy atom. The summed E-state index contributed by atoms with van der Waals surface area (Å²) in [6, 6.07) is 15.1. The first-order valence-electron chi connectivity index (χ1n) is 5.83. The second kappa shape index (κ2) is 6.52. The second-order valence-electron chi connectivity index (χ2n) is 4.03. The van der Waals surface area contributed by atoms with Gasteiger partial charge in [-0.15, -0.1) is 0 Å². The molecule has 2 nitrogen and oxygen atoms in total. The molecule has 0 saturated heterocycles. The summed E-state index contributed by atoms with van der Waals surface area (Å²) in [6.45, 7) is 3.96. The molecule has 0 N–H and O–H groups in total. The Hall–Kier alpha value is -1.62. The highest BCUT2D eigenvalue weighted by atomic mass is 127. The van der Waals surface area contributed by atoms with Crippen molar-refractivity contribution in [3.8, 4) is 0 Å². The maximum Gasteiger partial charge on any atom is 0.338 e. The lowest BCUT2D eigenvalue weighted by molar-refractivity contribution is 0.0472. The molecular weight excluding hydrogens is 351 g/mol. The average molecular weight is 364 g/mol. The Labute approximate surface area is 126 Å². The van der Waals surface area contributed by atoms with Crippen molar-refractivity contribution in [2.75, 3.05) is 0 Å². The molecule has 0 aliphatic heterocycles. The van der Waals surface area contributed by atoms with E-state index >= 15 is 0 Å². The summed E-state index contributed by atoms with van der Waals surface area (Å²) in [5.41, 5.74) is 2.52. The fourth-order valence-electron chi connectivity index (χ4n) is 1.57. The number of rotatable bonds is 4. The third-order valence-electron chi connectivity index (χ3n) is 2.67. The largest absolute Gasteiger partial charge is 0.457 e. The Morgan fingerprint density at radius 2 is 1.74 bits per heavy atom. The van der Waals surface area contributed by atoms with E-state index in [-0.39, 0.29) is 5.97 Å². The van der Waals surface area contributed by atoms with Crippen LogP contribution < -0.4 is 0 Å². The van der Waals surface area contributed by atoms with E-state index in [1.54, 1.807) is 18.2 Å². The maximum atomic E-state index is 11.8. The summed E-state index contributed by atoms with van der Waals surface area (Å²) in [5, 5.41) is 0. The highest BCUT2D eigenvalue weighted by Crippen LogP contribution is 2.10. The van der Waals surface area contributed by atoms with Crippen molar-refractivity contribution in [2.45, 2.75) is 6.61 Å². The smallest absolute Gasteiger partial charge is 0.338 e. The van der Waals surface area contributed by atoms with Crippen LogP contribution in [0.2, 0.25) is 0 Å². The van der Waals surface area contributed by atoms with Crippen LogP contribution in [0.5, 0.6) is 0 Å². The van der Waals surface area contributed by atoms with Crippen LogP contribution in [0.1, 0.15) is 21.5 Å². The van der Waals surface area contributed by atoms with Gasteiger partial charge in [0.05, 0.1) is 5.56 Å². The normalized spacial score (nSPS) is 9.95. The molecule has 0 amide bonds. The Morgan fingerprint density at radius 1 is 1.11 bits per heavy atom. The molecule has 0 bridgehead atoms. The zero-order valence-electron chi connectivity index (χ0n) is 10.3. The summed E-state index contributed by atoms with van der Waals surface area (Å²) >= 11 is 2.24. The van der Waals surface area contributed by atoms with E-state index in [1.165, 1.54) is 0 Å². The highest BCUT2D eigenvalue weighted by molar-refractivity contribution is 14.1. The molecule has 96 valence electrons. The Bertz CT molecular complexity index is 571. The van der Waals surface area contributed by atoms with Crippen molar-refractivity contribution in [3.63, 3.8) is 0 Å². The molecular formula is C16H13IO2. The minimum Gasteiger partial charge on any atom is -0.457 e. The third kappa shape index (κ3) is 3.92. The average Bonchev–Trinajstić information content (AvgIpc) is 2.46. The Balaban J connectivity index is 1.96. The van der Waals surface area contributed by atoms with Crippen molar-refractivity contribution >= 4 is 34.6 Å². The number of carbonyl (C=O) groups is 1. The minimum absolute atomic E-state index is 0.291. The lowest BCUT2D eigenvalue weighted by Crippen LogP contribution is -2.05. The van der Waals surface area contributed by atoms with Crippen LogP contribution >= 0.6 is 22.6 Å². The standard InChI is InChI=1S/C16H13IO2/c1-2-12-3-7-14(8-4-12)16(18)19-11-13-5-9-15(17)10-6-13/h2-10H,1,11H2. The molecule has 0 saturated carbocycles. The molecule has 2 aromatic carbocycles. The van der Waals surface area contributed by atoms with Gasteiger partial charge in [-0.05, 0) is 58.0 Å². The van der Waals surface area contributed by atoms with Crippen molar-refractivity contribution < 1.29 is 9.53 Å². The minimum atomic E-state index is -0.311. The number of hydrogen-bond acceptors (Lipinski definition) is 2. The molecule has 0 fully saturated rings. The topological polar surface area (TPSA) is 26.3 Å². The molecule has 0 aliphatic carbocycles. The van der Waals surface area contributed by atoms with Gasteiger partial charge in [0.15, 0.2) is 0 Å².